The minimum Gasteiger partial charge on any atom is -0.367 e. The molecule has 0 bridgehead atoms. The number of benzene rings is 2. The van der Waals surface area contributed by atoms with E-state index >= 15 is 0 Å². The largest absolute Gasteiger partial charge is 0.411 e. The fourth-order valence-corrected chi connectivity index (χ4v) is 4.13. The molecule has 0 aliphatic rings. The Morgan fingerprint density at radius 2 is 1.52 bits per heavy atom. The Balaban J connectivity index is 1.84. The van der Waals surface area contributed by atoms with Gasteiger partial charge in [-0.15, -0.1) is 0 Å². The zero-order valence-electron chi connectivity index (χ0n) is 17.2. The molecule has 0 fully saturated rings. The zero-order chi connectivity index (χ0) is 23.1. The van der Waals surface area contributed by atoms with Crippen LogP contribution in [-0.2, 0) is 33.7 Å². The summed E-state index contributed by atoms with van der Waals surface area (Å²) in [5.74, 6) is -0.466. The minimum atomic E-state index is -4.38. The number of amides is 1. The maximum atomic E-state index is 12.3. The molecule has 0 saturated carbocycles. The summed E-state index contributed by atoms with van der Waals surface area (Å²) in [7, 11) is -3.41. The fraction of sp³-hybridized carbons (Fsp3) is 0.381. The van der Waals surface area contributed by atoms with Crippen molar-refractivity contribution in [2.45, 2.75) is 45.0 Å². The highest BCUT2D eigenvalue weighted by atomic mass is 32.2. The van der Waals surface area contributed by atoms with Crippen molar-refractivity contribution in [3.05, 3.63) is 70.8 Å². The first-order valence-corrected chi connectivity index (χ1v) is 11.2. The van der Waals surface area contributed by atoms with Gasteiger partial charge in [0.2, 0.25) is 10.0 Å². The molecule has 0 atom stereocenters. The van der Waals surface area contributed by atoms with Crippen molar-refractivity contribution in [1.82, 2.24) is 10.0 Å². The lowest BCUT2D eigenvalue weighted by atomic mass is 10.1. The van der Waals surface area contributed by atoms with Crippen LogP contribution in [0.3, 0.4) is 0 Å². The predicted molar refractivity (Wildman–Crippen MR) is 111 cm³/mol. The van der Waals surface area contributed by atoms with E-state index in [9.17, 15) is 26.4 Å². The average Bonchev–Trinajstić information content (AvgIpc) is 2.65. The minimum absolute atomic E-state index is 0.128. The molecule has 0 spiro atoms. The van der Waals surface area contributed by atoms with Crippen LogP contribution in [0.15, 0.2) is 48.5 Å². The highest BCUT2D eigenvalue weighted by Crippen LogP contribution is 2.16. The molecule has 0 saturated heterocycles. The Hall–Kier alpha value is -2.43. The van der Waals surface area contributed by atoms with Gasteiger partial charge in [-0.1, -0.05) is 36.4 Å². The van der Waals surface area contributed by atoms with E-state index in [1.54, 1.807) is 38.1 Å². The van der Waals surface area contributed by atoms with E-state index in [2.05, 4.69) is 14.8 Å². The van der Waals surface area contributed by atoms with Gasteiger partial charge in [0.05, 0.1) is 12.4 Å². The van der Waals surface area contributed by atoms with Gasteiger partial charge < -0.3 is 10.1 Å². The quantitative estimate of drug-likeness (QED) is 0.571. The molecular formula is C21H25F3N2O4S. The first-order valence-electron chi connectivity index (χ1n) is 9.53. The highest BCUT2D eigenvalue weighted by molar-refractivity contribution is 7.88. The molecule has 0 radical (unpaired) electrons. The van der Waals surface area contributed by atoms with Crippen molar-refractivity contribution in [3.8, 4) is 0 Å². The fourth-order valence-electron chi connectivity index (χ4n) is 2.69. The molecule has 0 aliphatic carbocycles. The van der Waals surface area contributed by atoms with Crippen LogP contribution in [0.4, 0.5) is 13.2 Å². The van der Waals surface area contributed by atoms with Crippen LogP contribution in [0, 0.1) is 0 Å². The van der Waals surface area contributed by atoms with E-state index in [4.69, 9.17) is 0 Å². The van der Waals surface area contributed by atoms with Crippen molar-refractivity contribution in [2.75, 3.05) is 6.61 Å². The van der Waals surface area contributed by atoms with Crippen molar-refractivity contribution in [3.63, 3.8) is 0 Å². The van der Waals surface area contributed by atoms with E-state index in [1.165, 1.54) is 24.3 Å². The van der Waals surface area contributed by atoms with Crippen molar-refractivity contribution < 1.29 is 31.1 Å². The number of sulfonamides is 1. The van der Waals surface area contributed by atoms with Crippen LogP contribution in [0.1, 0.15) is 40.9 Å². The third kappa shape index (κ3) is 9.50. The van der Waals surface area contributed by atoms with Gasteiger partial charge in [-0.05, 0) is 42.7 Å². The van der Waals surface area contributed by atoms with Gasteiger partial charge in [0.1, 0.15) is 6.61 Å². The van der Waals surface area contributed by atoms with Crippen LogP contribution in [0.5, 0.6) is 0 Å². The number of alkyl halides is 3. The van der Waals surface area contributed by atoms with Crippen LogP contribution in [0.25, 0.3) is 0 Å². The lowest BCUT2D eigenvalue weighted by molar-refractivity contribution is -0.176. The second-order valence-corrected chi connectivity index (χ2v) is 9.09. The predicted octanol–water partition coefficient (Wildman–Crippen LogP) is 3.52. The number of hydrogen-bond acceptors (Lipinski definition) is 4. The molecule has 6 nitrogen and oxygen atoms in total. The molecule has 2 rings (SSSR count). The standard InChI is InChI=1S/C21H25F3N2O4S/c1-15(2)26-31(28,29)13-18-5-3-16(4-6-18)11-25-20(27)19-9-7-17(8-10-19)12-30-14-21(22,23)24/h3-10,15,26H,11-14H2,1-2H3,(H,25,27). The van der Waals surface area contributed by atoms with Crippen molar-refractivity contribution in [1.29, 1.82) is 0 Å². The Morgan fingerprint density at radius 1 is 0.968 bits per heavy atom. The Kier molecular flexibility index (Phi) is 8.60. The molecule has 0 unspecified atom stereocenters. The lowest BCUT2D eigenvalue weighted by Crippen LogP contribution is -2.31. The molecule has 10 heteroatoms. The van der Waals surface area contributed by atoms with Gasteiger partial charge in [-0.2, -0.15) is 13.2 Å². The van der Waals surface area contributed by atoms with Gasteiger partial charge in [0, 0.05) is 18.2 Å². The number of halogens is 3. The monoisotopic (exact) mass is 458 g/mol. The zero-order valence-corrected chi connectivity index (χ0v) is 18.0. The first-order chi connectivity index (χ1) is 14.4. The van der Waals surface area contributed by atoms with E-state index in [0.29, 0.717) is 16.7 Å². The van der Waals surface area contributed by atoms with Gasteiger partial charge in [-0.25, -0.2) is 13.1 Å². The number of nitrogens with one attached hydrogen (secondary N) is 2. The number of rotatable bonds is 10. The second-order valence-electron chi connectivity index (χ2n) is 7.34. The second kappa shape index (κ2) is 10.7. The normalized spacial score (nSPS) is 12.2. The highest BCUT2D eigenvalue weighted by Gasteiger charge is 2.27. The van der Waals surface area contributed by atoms with E-state index in [-0.39, 0.29) is 30.9 Å². The summed E-state index contributed by atoms with van der Waals surface area (Å²) < 4.78 is 67.3. The summed E-state index contributed by atoms with van der Waals surface area (Å²) in [4.78, 5) is 12.3. The molecule has 0 aliphatic heterocycles. The number of carbonyl (C=O) groups is 1. The summed E-state index contributed by atoms with van der Waals surface area (Å²) in [6, 6.07) is 12.8. The smallest absolute Gasteiger partial charge is 0.367 e. The molecule has 1 amide bonds. The van der Waals surface area contributed by atoms with Gasteiger partial charge >= 0.3 is 6.18 Å². The van der Waals surface area contributed by atoms with Gasteiger partial charge in [0.15, 0.2) is 0 Å². The molecule has 2 N–H and O–H groups in total. The van der Waals surface area contributed by atoms with Crippen molar-refractivity contribution >= 4 is 15.9 Å². The maximum absolute atomic E-state index is 12.3. The summed E-state index contributed by atoms with van der Waals surface area (Å²) in [6.07, 6.45) is -4.38. The number of ether oxygens (including phenoxy) is 1. The first kappa shape index (κ1) is 24.8. The molecule has 0 aromatic heterocycles. The maximum Gasteiger partial charge on any atom is 0.411 e. The molecule has 2 aromatic carbocycles. The molecular weight excluding hydrogens is 433 g/mol. The molecule has 0 heterocycles. The SMILES string of the molecule is CC(C)NS(=O)(=O)Cc1ccc(CNC(=O)c2ccc(COCC(F)(F)F)cc2)cc1. The topological polar surface area (TPSA) is 84.5 Å². The summed E-state index contributed by atoms with van der Waals surface area (Å²) >= 11 is 0. The van der Waals surface area contributed by atoms with Crippen LogP contribution < -0.4 is 10.0 Å². The van der Waals surface area contributed by atoms with Crippen LogP contribution >= 0.6 is 0 Å². The number of hydrogen-bond donors (Lipinski definition) is 2. The number of carbonyl (C=O) groups excluding carboxylic acids is 1. The average molecular weight is 459 g/mol. The van der Waals surface area contributed by atoms with E-state index in [1.807, 2.05) is 0 Å². The molecule has 2 aromatic rings. The summed E-state index contributed by atoms with van der Waals surface area (Å²) in [5.41, 5.74) is 2.32. The van der Waals surface area contributed by atoms with E-state index in [0.717, 1.165) is 5.56 Å². The summed E-state index contributed by atoms with van der Waals surface area (Å²) in [5, 5.41) is 2.74. The third-order valence-electron chi connectivity index (χ3n) is 4.00. The third-order valence-corrected chi connectivity index (χ3v) is 5.54. The molecule has 31 heavy (non-hydrogen) atoms. The lowest BCUT2D eigenvalue weighted by Gasteiger charge is -2.10. The van der Waals surface area contributed by atoms with Crippen LogP contribution in [-0.4, -0.2) is 33.1 Å². The van der Waals surface area contributed by atoms with Gasteiger partial charge in [-0.3, -0.25) is 4.79 Å². The van der Waals surface area contributed by atoms with E-state index < -0.39 is 22.8 Å². The van der Waals surface area contributed by atoms with Crippen molar-refractivity contribution in [2.24, 2.45) is 0 Å². The Bertz CT molecular complexity index is 958. The Labute approximate surface area is 179 Å². The molecule has 170 valence electrons. The Morgan fingerprint density at radius 3 is 2.06 bits per heavy atom. The van der Waals surface area contributed by atoms with Crippen LogP contribution in [0.2, 0.25) is 0 Å². The van der Waals surface area contributed by atoms with Gasteiger partial charge in [0.25, 0.3) is 5.91 Å². The summed E-state index contributed by atoms with van der Waals surface area (Å²) in [6.45, 7) is 2.22.